The first kappa shape index (κ1) is 13.1. The van der Waals surface area contributed by atoms with Crippen LogP contribution in [0.1, 0.15) is 18.6 Å². The number of thioether (sulfide) groups is 1. The quantitative estimate of drug-likeness (QED) is 0.792. The molecule has 0 spiro atoms. The van der Waals surface area contributed by atoms with Crippen molar-refractivity contribution in [1.29, 1.82) is 0 Å². The molecule has 0 aliphatic carbocycles. The molecule has 0 saturated heterocycles. The van der Waals surface area contributed by atoms with Gasteiger partial charge in [-0.3, -0.25) is 4.79 Å². The van der Waals surface area contributed by atoms with E-state index < -0.39 is 6.10 Å². The summed E-state index contributed by atoms with van der Waals surface area (Å²) in [5.41, 5.74) is 0.894. The summed E-state index contributed by atoms with van der Waals surface area (Å²) in [6, 6.07) is 9.48. The van der Waals surface area contributed by atoms with Gasteiger partial charge in [0.1, 0.15) is 0 Å². The second-order valence-electron chi connectivity index (χ2n) is 3.40. The lowest BCUT2D eigenvalue weighted by Gasteiger charge is -2.10. The van der Waals surface area contributed by atoms with Crippen LogP contribution in [0.5, 0.6) is 0 Å². The molecule has 0 radical (unpaired) electrons. The molecule has 0 heterocycles. The van der Waals surface area contributed by atoms with E-state index in [1.54, 1.807) is 0 Å². The van der Waals surface area contributed by atoms with Gasteiger partial charge in [0, 0.05) is 12.3 Å². The number of nitrogens with one attached hydrogen (secondary N) is 1. The molecule has 3 nitrogen and oxygen atoms in total. The molecule has 88 valence electrons. The first-order valence-corrected chi connectivity index (χ1v) is 6.47. The number of carbonyl (C=O) groups is 1. The SMILES string of the molecule is CCNC(=O)CSCC(O)c1ccccc1. The van der Waals surface area contributed by atoms with Gasteiger partial charge in [0.2, 0.25) is 5.91 Å². The predicted molar refractivity (Wildman–Crippen MR) is 67.4 cm³/mol. The molecular formula is C12H17NO2S. The molecule has 1 aromatic carbocycles. The normalized spacial score (nSPS) is 12.1. The van der Waals surface area contributed by atoms with Crippen LogP contribution in [-0.4, -0.2) is 29.1 Å². The number of carbonyl (C=O) groups excluding carboxylic acids is 1. The van der Waals surface area contributed by atoms with Crippen molar-refractivity contribution < 1.29 is 9.90 Å². The van der Waals surface area contributed by atoms with Gasteiger partial charge in [0.05, 0.1) is 11.9 Å². The van der Waals surface area contributed by atoms with Crippen LogP contribution in [0, 0.1) is 0 Å². The van der Waals surface area contributed by atoms with E-state index in [0.717, 1.165) is 5.56 Å². The summed E-state index contributed by atoms with van der Waals surface area (Å²) in [6.07, 6.45) is -0.499. The molecule has 0 aliphatic rings. The summed E-state index contributed by atoms with van der Waals surface area (Å²) < 4.78 is 0. The molecule has 16 heavy (non-hydrogen) atoms. The molecule has 1 aromatic rings. The second-order valence-corrected chi connectivity index (χ2v) is 4.43. The highest BCUT2D eigenvalue weighted by molar-refractivity contribution is 7.99. The Morgan fingerprint density at radius 3 is 2.75 bits per heavy atom. The van der Waals surface area contributed by atoms with Crippen molar-refractivity contribution in [2.75, 3.05) is 18.1 Å². The first-order valence-electron chi connectivity index (χ1n) is 5.31. The zero-order valence-electron chi connectivity index (χ0n) is 9.35. The second kappa shape index (κ2) is 7.30. The lowest BCUT2D eigenvalue weighted by Crippen LogP contribution is -2.24. The highest BCUT2D eigenvalue weighted by atomic mass is 32.2. The van der Waals surface area contributed by atoms with E-state index in [1.165, 1.54) is 11.8 Å². The van der Waals surface area contributed by atoms with E-state index in [-0.39, 0.29) is 5.91 Å². The van der Waals surface area contributed by atoms with Crippen LogP contribution in [0.4, 0.5) is 0 Å². The van der Waals surface area contributed by atoms with Gasteiger partial charge in [-0.15, -0.1) is 11.8 Å². The van der Waals surface area contributed by atoms with Crippen molar-refractivity contribution in [3.63, 3.8) is 0 Å². The third-order valence-electron chi connectivity index (χ3n) is 2.07. The molecule has 0 bridgehead atoms. The Hall–Kier alpha value is -1.00. The van der Waals surface area contributed by atoms with Crippen LogP contribution in [0.2, 0.25) is 0 Å². The Labute approximate surface area is 100 Å². The van der Waals surface area contributed by atoms with Crippen molar-refractivity contribution in [3.8, 4) is 0 Å². The number of aliphatic hydroxyl groups is 1. The van der Waals surface area contributed by atoms with Crippen molar-refractivity contribution >= 4 is 17.7 Å². The fourth-order valence-electron chi connectivity index (χ4n) is 1.28. The van der Waals surface area contributed by atoms with E-state index in [0.29, 0.717) is 18.1 Å². The molecule has 0 saturated carbocycles. The Morgan fingerprint density at radius 1 is 1.44 bits per heavy atom. The molecule has 1 amide bonds. The van der Waals surface area contributed by atoms with E-state index in [1.807, 2.05) is 37.3 Å². The fourth-order valence-corrected chi connectivity index (χ4v) is 2.10. The lowest BCUT2D eigenvalue weighted by molar-refractivity contribution is -0.118. The minimum absolute atomic E-state index is 0.0211. The Balaban J connectivity index is 2.26. The molecule has 2 N–H and O–H groups in total. The average Bonchev–Trinajstić information content (AvgIpc) is 2.30. The van der Waals surface area contributed by atoms with Crippen LogP contribution < -0.4 is 5.32 Å². The van der Waals surface area contributed by atoms with Gasteiger partial charge in [-0.2, -0.15) is 0 Å². The van der Waals surface area contributed by atoms with Gasteiger partial charge in [0.15, 0.2) is 0 Å². The van der Waals surface area contributed by atoms with Crippen LogP contribution in [0.25, 0.3) is 0 Å². The number of amides is 1. The number of hydrogen-bond donors (Lipinski definition) is 2. The van der Waals surface area contributed by atoms with E-state index >= 15 is 0 Å². The van der Waals surface area contributed by atoms with Crippen molar-refractivity contribution in [1.82, 2.24) is 5.32 Å². The van der Waals surface area contributed by atoms with E-state index in [4.69, 9.17) is 0 Å². The predicted octanol–water partition coefficient (Wildman–Crippen LogP) is 1.59. The number of aliphatic hydroxyl groups excluding tert-OH is 1. The molecule has 0 fully saturated rings. The monoisotopic (exact) mass is 239 g/mol. The summed E-state index contributed by atoms with van der Waals surface area (Å²) in [6.45, 7) is 2.54. The maximum absolute atomic E-state index is 11.1. The van der Waals surface area contributed by atoms with Crippen LogP contribution >= 0.6 is 11.8 Å². The summed E-state index contributed by atoms with van der Waals surface area (Å²) >= 11 is 1.44. The number of benzene rings is 1. The molecule has 0 aliphatic heterocycles. The zero-order valence-corrected chi connectivity index (χ0v) is 10.2. The zero-order chi connectivity index (χ0) is 11.8. The van der Waals surface area contributed by atoms with Gasteiger partial charge < -0.3 is 10.4 Å². The minimum Gasteiger partial charge on any atom is -0.388 e. The van der Waals surface area contributed by atoms with Crippen molar-refractivity contribution in [2.24, 2.45) is 0 Å². The summed E-state index contributed by atoms with van der Waals surface area (Å²) in [5.74, 6) is 0.964. The van der Waals surface area contributed by atoms with Crippen LogP contribution in [-0.2, 0) is 4.79 Å². The summed E-state index contributed by atoms with van der Waals surface area (Å²) in [4.78, 5) is 11.1. The Kier molecular flexibility index (Phi) is 5.96. The van der Waals surface area contributed by atoms with Crippen molar-refractivity contribution in [2.45, 2.75) is 13.0 Å². The molecule has 1 rings (SSSR count). The van der Waals surface area contributed by atoms with Crippen molar-refractivity contribution in [3.05, 3.63) is 35.9 Å². The Morgan fingerprint density at radius 2 is 2.12 bits per heavy atom. The van der Waals surface area contributed by atoms with E-state index in [9.17, 15) is 9.90 Å². The van der Waals surface area contributed by atoms with Gasteiger partial charge in [-0.25, -0.2) is 0 Å². The topological polar surface area (TPSA) is 49.3 Å². The smallest absolute Gasteiger partial charge is 0.229 e. The van der Waals surface area contributed by atoms with Gasteiger partial charge in [-0.1, -0.05) is 30.3 Å². The summed E-state index contributed by atoms with van der Waals surface area (Å²) in [5, 5.41) is 12.5. The van der Waals surface area contributed by atoms with Crippen LogP contribution in [0.3, 0.4) is 0 Å². The average molecular weight is 239 g/mol. The molecule has 4 heteroatoms. The van der Waals surface area contributed by atoms with Gasteiger partial charge >= 0.3 is 0 Å². The highest BCUT2D eigenvalue weighted by Gasteiger charge is 2.08. The largest absolute Gasteiger partial charge is 0.388 e. The molecular weight excluding hydrogens is 222 g/mol. The van der Waals surface area contributed by atoms with Gasteiger partial charge in [-0.05, 0) is 12.5 Å². The summed E-state index contributed by atoms with van der Waals surface area (Å²) in [7, 11) is 0. The molecule has 1 atom stereocenters. The third-order valence-corrected chi connectivity index (χ3v) is 3.08. The maximum Gasteiger partial charge on any atom is 0.229 e. The minimum atomic E-state index is -0.499. The van der Waals surface area contributed by atoms with E-state index in [2.05, 4.69) is 5.32 Å². The molecule has 1 unspecified atom stereocenters. The standard InChI is InChI=1S/C12H17NO2S/c1-2-13-12(15)9-16-8-11(14)10-6-4-3-5-7-10/h3-7,11,14H,2,8-9H2,1H3,(H,13,15). The number of rotatable bonds is 6. The van der Waals surface area contributed by atoms with Gasteiger partial charge in [0.25, 0.3) is 0 Å². The highest BCUT2D eigenvalue weighted by Crippen LogP contribution is 2.17. The lowest BCUT2D eigenvalue weighted by atomic mass is 10.1. The molecule has 0 aromatic heterocycles. The third kappa shape index (κ3) is 4.68. The first-order chi connectivity index (χ1) is 7.74. The Bertz CT molecular complexity index is 316. The number of hydrogen-bond acceptors (Lipinski definition) is 3. The fraction of sp³-hybridized carbons (Fsp3) is 0.417. The van der Waals surface area contributed by atoms with Crippen LogP contribution in [0.15, 0.2) is 30.3 Å². The maximum atomic E-state index is 11.1.